The molecular formula is C27H26ClFN2O3. The Morgan fingerprint density at radius 1 is 1.03 bits per heavy atom. The SMILES string of the molecule is CCN(CC)C(=O)Oc1ccc2c(ccn2Cc2ccc(F)cc2Cl)c1-c1ccc(OC)cc1. The van der Waals surface area contributed by atoms with Crippen LogP contribution in [0.15, 0.2) is 66.9 Å². The van der Waals surface area contributed by atoms with E-state index >= 15 is 0 Å². The lowest BCUT2D eigenvalue weighted by atomic mass is 10.0. The number of carbonyl (C=O) groups excluding carboxylic acids is 1. The number of ether oxygens (including phenoxy) is 2. The zero-order valence-corrected chi connectivity index (χ0v) is 20.1. The van der Waals surface area contributed by atoms with Crippen molar-refractivity contribution in [1.29, 1.82) is 0 Å². The van der Waals surface area contributed by atoms with E-state index in [2.05, 4.69) is 0 Å². The molecule has 1 amide bonds. The number of amides is 1. The van der Waals surface area contributed by atoms with Crippen molar-refractivity contribution in [2.75, 3.05) is 20.2 Å². The van der Waals surface area contributed by atoms with Crippen molar-refractivity contribution >= 4 is 28.6 Å². The fraction of sp³-hybridized carbons (Fsp3) is 0.222. The highest BCUT2D eigenvalue weighted by Crippen LogP contribution is 2.39. The number of nitrogens with zero attached hydrogens (tertiary/aromatic N) is 2. The zero-order valence-electron chi connectivity index (χ0n) is 19.3. The van der Waals surface area contributed by atoms with Gasteiger partial charge in [0.1, 0.15) is 17.3 Å². The molecule has 1 aromatic heterocycles. The minimum absolute atomic E-state index is 0.368. The summed E-state index contributed by atoms with van der Waals surface area (Å²) in [6.07, 6.45) is 1.56. The Hall–Kier alpha value is -3.51. The van der Waals surface area contributed by atoms with Gasteiger partial charge < -0.3 is 18.9 Å². The summed E-state index contributed by atoms with van der Waals surface area (Å²) in [5, 5.41) is 1.30. The Morgan fingerprint density at radius 2 is 1.76 bits per heavy atom. The molecule has 0 spiro atoms. The van der Waals surface area contributed by atoms with Gasteiger partial charge in [-0.05, 0) is 67.4 Å². The van der Waals surface area contributed by atoms with Crippen LogP contribution in [0, 0.1) is 5.82 Å². The third-order valence-electron chi connectivity index (χ3n) is 5.87. The molecule has 0 N–H and O–H groups in total. The summed E-state index contributed by atoms with van der Waals surface area (Å²) in [6.45, 7) is 5.43. The number of fused-ring (bicyclic) bond motifs is 1. The molecule has 4 aromatic rings. The van der Waals surface area contributed by atoms with Crippen molar-refractivity contribution in [3.8, 4) is 22.6 Å². The summed E-state index contributed by atoms with van der Waals surface area (Å²) in [7, 11) is 1.62. The van der Waals surface area contributed by atoms with Crippen molar-refractivity contribution in [3.63, 3.8) is 0 Å². The van der Waals surface area contributed by atoms with Crippen molar-refractivity contribution in [2.24, 2.45) is 0 Å². The molecule has 0 bridgehead atoms. The lowest BCUT2D eigenvalue weighted by molar-refractivity contribution is 0.157. The normalized spacial score (nSPS) is 11.0. The average molecular weight is 481 g/mol. The zero-order chi connectivity index (χ0) is 24.2. The molecule has 1 heterocycles. The molecule has 0 aliphatic carbocycles. The van der Waals surface area contributed by atoms with Crippen LogP contribution in [0.5, 0.6) is 11.5 Å². The molecule has 176 valence electrons. The lowest BCUT2D eigenvalue weighted by Gasteiger charge is -2.20. The topological polar surface area (TPSA) is 43.7 Å². The van der Waals surface area contributed by atoms with E-state index in [-0.39, 0.29) is 5.82 Å². The van der Waals surface area contributed by atoms with Crippen LogP contribution >= 0.6 is 11.6 Å². The smallest absolute Gasteiger partial charge is 0.415 e. The number of aromatic nitrogens is 1. The monoisotopic (exact) mass is 480 g/mol. The number of halogens is 2. The molecule has 0 fully saturated rings. The van der Waals surface area contributed by atoms with Crippen LogP contribution in [0.2, 0.25) is 5.02 Å². The summed E-state index contributed by atoms with van der Waals surface area (Å²) in [6, 6.07) is 17.8. The first-order valence-electron chi connectivity index (χ1n) is 11.1. The summed E-state index contributed by atoms with van der Waals surface area (Å²) >= 11 is 6.27. The van der Waals surface area contributed by atoms with Gasteiger partial charge in [-0.25, -0.2) is 9.18 Å². The highest BCUT2D eigenvalue weighted by atomic mass is 35.5. The molecule has 0 aliphatic rings. The minimum atomic E-state index is -0.392. The van der Waals surface area contributed by atoms with Gasteiger partial charge in [-0.1, -0.05) is 29.8 Å². The number of methoxy groups -OCH3 is 1. The summed E-state index contributed by atoms with van der Waals surface area (Å²) < 4.78 is 26.7. The first-order chi connectivity index (χ1) is 16.4. The van der Waals surface area contributed by atoms with Gasteiger partial charge in [-0.3, -0.25) is 0 Å². The van der Waals surface area contributed by atoms with Crippen LogP contribution in [-0.4, -0.2) is 35.8 Å². The number of carbonyl (C=O) groups is 1. The standard InChI is InChI=1S/C27H26ClFN2O3/c1-4-30(5-2)27(32)34-25-13-12-24-22(26(25)18-7-10-21(33-3)11-8-18)14-15-31(24)17-19-6-9-20(29)16-23(19)28/h6-16H,4-5,17H2,1-3H3. The first kappa shape index (κ1) is 23.6. The second-order valence-corrected chi connectivity index (χ2v) is 8.23. The minimum Gasteiger partial charge on any atom is -0.497 e. The van der Waals surface area contributed by atoms with Crippen molar-refractivity contribution in [2.45, 2.75) is 20.4 Å². The number of benzene rings is 3. The molecular weight excluding hydrogens is 455 g/mol. The van der Waals surface area contributed by atoms with Gasteiger partial charge in [0.25, 0.3) is 0 Å². The van der Waals surface area contributed by atoms with E-state index in [0.717, 1.165) is 33.3 Å². The highest BCUT2D eigenvalue weighted by Gasteiger charge is 2.19. The molecule has 0 atom stereocenters. The van der Waals surface area contributed by atoms with Crippen LogP contribution < -0.4 is 9.47 Å². The van der Waals surface area contributed by atoms with Crippen LogP contribution in [0.1, 0.15) is 19.4 Å². The Bertz CT molecular complexity index is 1310. The molecule has 4 rings (SSSR count). The third-order valence-corrected chi connectivity index (χ3v) is 6.22. The van der Waals surface area contributed by atoms with Crippen molar-refractivity contribution in [1.82, 2.24) is 9.47 Å². The maximum Gasteiger partial charge on any atom is 0.415 e. The Morgan fingerprint density at radius 3 is 2.41 bits per heavy atom. The molecule has 5 nitrogen and oxygen atoms in total. The Balaban J connectivity index is 1.81. The van der Waals surface area contributed by atoms with Gasteiger partial charge in [0, 0.05) is 47.3 Å². The second-order valence-electron chi connectivity index (χ2n) is 7.82. The number of rotatable bonds is 7. The Kier molecular flexibility index (Phi) is 7.08. The maximum atomic E-state index is 13.5. The van der Waals surface area contributed by atoms with Gasteiger partial charge in [0.15, 0.2) is 0 Å². The molecule has 34 heavy (non-hydrogen) atoms. The quantitative estimate of drug-likeness (QED) is 0.286. The molecule has 0 aliphatic heterocycles. The van der Waals surface area contributed by atoms with E-state index < -0.39 is 6.09 Å². The molecule has 0 saturated heterocycles. The number of hydrogen-bond donors (Lipinski definition) is 0. The van der Waals surface area contributed by atoms with Gasteiger partial charge in [-0.15, -0.1) is 0 Å². The lowest BCUT2D eigenvalue weighted by Crippen LogP contribution is -2.33. The third kappa shape index (κ3) is 4.73. The van der Waals surface area contributed by atoms with E-state index in [4.69, 9.17) is 21.1 Å². The number of hydrogen-bond acceptors (Lipinski definition) is 3. The fourth-order valence-corrected chi connectivity index (χ4v) is 4.23. The molecule has 7 heteroatoms. The van der Waals surface area contributed by atoms with Crippen LogP contribution in [0.4, 0.5) is 9.18 Å². The predicted molar refractivity (Wildman–Crippen MR) is 133 cm³/mol. The van der Waals surface area contributed by atoms with E-state index in [1.807, 2.05) is 67.1 Å². The maximum absolute atomic E-state index is 13.5. The predicted octanol–water partition coefficient (Wildman–Crippen LogP) is 7.00. The van der Waals surface area contributed by atoms with Crippen LogP contribution in [0.25, 0.3) is 22.0 Å². The summed E-state index contributed by atoms with van der Waals surface area (Å²) in [4.78, 5) is 14.4. The van der Waals surface area contributed by atoms with Crippen molar-refractivity contribution < 1.29 is 18.7 Å². The van der Waals surface area contributed by atoms with Gasteiger partial charge in [0.2, 0.25) is 0 Å². The van der Waals surface area contributed by atoms with Crippen LogP contribution in [-0.2, 0) is 6.54 Å². The van der Waals surface area contributed by atoms with E-state index in [1.54, 1.807) is 18.1 Å². The fourth-order valence-electron chi connectivity index (χ4n) is 4.00. The summed E-state index contributed by atoms with van der Waals surface area (Å²) in [5.41, 5.74) is 3.45. The van der Waals surface area contributed by atoms with Crippen LogP contribution in [0.3, 0.4) is 0 Å². The highest BCUT2D eigenvalue weighted by molar-refractivity contribution is 6.31. The molecule has 0 saturated carbocycles. The summed E-state index contributed by atoms with van der Waals surface area (Å²) in [5.74, 6) is 0.848. The van der Waals surface area contributed by atoms with E-state index in [9.17, 15) is 9.18 Å². The van der Waals surface area contributed by atoms with Gasteiger partial charge >= 0.3 is 6.09 Å². The average Bonchev–Trinajstić information content (AvgIpc) is 3.24. The van der Waals surface area contributed by atoms with Gasteiger partial charge in [0.05, 0.1) is 7.11 Å². The Labute approximate surface area is 203 Å². The van der Waals surface area contributed by atoms with E-state index in [0.29, 0.717) is 30.4 Å². The largest absolute Gasteiger partial charge is 0.497 e. The van der Waals surface area contributed by atoms with Gasteiger partial charge in [-0.2, -0.15) is 0 Å². The van der Waals surface area contributed by atoms with Crippen molar-refractivity contribution in [3.05, 3.63) is 83.3 Å². The molecule has 0 radical (unpaired) electrons. The molecule has 0 unspecified atom stereocenters. The molecule has 3 aromatic carbocycles. The van der Waals surface area contributed by atoms with E-state index in [1.165, 1.54) is 12.1 Å². The first-order valence-corrected chi connectivity index (χ1v) is 11.5. The second kappa shape index (κ2) is 10.2.